The van der Waals surface area contributed by atoms with Gasteiger partial charge in [-0.1, -0.05) is 6.92 Å². The molecule has 0 spiro atoms. The lowest BCUT2D eigenvalue weighted by Gasteiger charge is -2.01. The maximum atomic E-state index is 10.0. The van der Waals surface area contributed by atoms with Gasteiger partial charge in [0.05, 0.1) is 0 Å². The molecule has 0 aromatic carbocycles. The molecule has 0 aliphatic carbocycles. The fourth-order valence-corrected chi connectivity index (χ4v) is 0.899. The van der Waals surface area contributed by atoms with Crippen LogP contribution in [0.5, 0.6) is 0 Å². The summed E-state index contributed by atoms with van der Waals surface area (Å²) in [6.45, 7) is 3.98. The van der Waals surface area contributed by atoms with E-state index in [2.05, 4.69) is 4.72 Å². The number of nitrogens with one attached hydrogen (secondary N) is 1. The third kappa shape index (κ3) is 10.0. The van der Waals surface area contributed by atoms with Crippen molar-refractivity contribution in [2.45, 2.75) is 19.8 Å². The largest absolute Gasteiger partial charge is 0.381 e. The van der Waals surface area contributed by atoms with E-state index in [9.17, 15) is 4.21 Å². The molecule has 0 saturated carbocycles. The SMILES string of the molecule is CCCOCCCNS(=O)O. The van der Waals surface area contributed by atoms with Crippen molar-refractivity contribution in [3.63, 3.8) is 0 Å². The van der Waals surface area contributed by atoms with Gasteiger partial charge in [-0.2, -0.15) is 0 Å². The van der Waals surface area contributed by atoms with Gasteiger partial charge in [0.2, 0.25) is 11.3 Å². The van der Waals surface area contributed by atoms with E-state index in [1.165, 1.54) is 0 Å². The molecule has 68 valence electrons. The van der Waals surface area contributed by atoms with Gasteiger partial charge in [0.25, 0.3) is 0 Å². The summed E-state index contributed by atoms with van der Waals surface area (Å²) in [7, 11) is 0. The summed E-state index contributed by atoms with van der Waals surface area (Å²) in [4.78, 5) is 0. The van der Waals surface area contributed by atoms with Gasteiger partial charge in [0, 0.05) is 19.8 Å². The fraction of sp³-hybridized carbons (Fsp3) is 1.00. The van der Waals surface area contributed by atoms with Crippen molar-refractivity contribution < 1.29 is 13.5 Å². The van der Waals surface area contributed by atoms with E-state index in [1.54, 1.807) is 0 Å². The molecule has 0 rings (SSSR count). The molecule has 0 aliphatic rings. The highest BCUT2D eigenvalue weighted by Gasteiger charge is 1.90. The minimum Gasteiger partial charge on any atom is -0.381 e. The average Bonchev–Trinajstić information content (AvgIpc) is 1.96. The second kappa shape index (κ2) is 8.13. The van der Waals surface area contributed by atoms with Crippen LogP contribution in [-0.4, -0.2) is 28.5 Å². The van der Waals surface area contributed by atoms with Gasteiger partial charge >= 0.3 is 0 Å². The molecule has 4 nitrogen and oxygen atoms in total. The highest BCUT2D eigenvalue weighted by atomic mass is 32.2. The Bertz CT molecular complexity index is 110. The molecule has 0 aromatic rings. The Kier molecular flexibility index (Phi) is 8.15. The normalized spacial score (nSPS) is 13.3. The van der Waals surface area contributed by atoms with Crippen LogP contribution in [0.4, 0.5) is 0 Å². The lowest BCUT2D eigenvalue weighted by molar-refractivity contribution is 0.133. The van der Waals surface area contributed by atoms with Crippen molar-refractivity contribution in [2.24, 2.45) is 0 Å². The molecule has 5 heteroatoms. The second-order valence-corrected chi connectivity index (χ2v) is 2.90. The van der Waals surface area contributed by atoms with Crippen molar-refractivity contribution in [2.75, 3.05) is 19.8 Å². The van der Waals surface area contributed by atoms with Crippen LogP contribution in [0.1, 0.15) is 19.8 Å². The van der Waals surface area contributed by atoms with Gasteiger partial charge in [-0.05, 0) is 12.8 Å². The molecular weight excluding hydrogens is 166 g/mol. The maximum Gasteiger partial charge on any atom is 0.231 e. The Labute approximate surface area is 69.7 Å². The van der Waals surface area contributed by atoms with Gasteiger partial charge in [-0.15, -0.1) is 0 Å². The lowest BCUT2D eigenvalue weighted by atomic mass is 10.4. The summed E-state index contributed by atoms with van der Waals surface area (Å²) in [6, 6.07) is 0. The van der Waals surface area contributed by atoms with Gasteiger partial charge in [0.1, 0.15) is 0 Å². The Hall–Kier alpha value is 0.0300. The Morgan fingerprint density at radius 3 is 2.82 bits per heavy atom. The third-order valence-corrected chi connectivity index (χ3v) is 1.49. The summed E-state index contributed by atoms with van der Waals surface area (Å²) in [6.07, 6.45) is 1.78. The highest BCUT2D eigenvalue weighted by Crippen LogP contribution is 1.83. The molecule has 1 atom stereocenters. The van der Waals surface area contributed by atoms with E-state index < -0.39 is 11.3 Å². The van der Waals surface area contributed by atoms with E-state index in [1.807, 2.05) is 6.92 Å². The van der Waals surface area contributed by atoms with Crippen LogP contribution in [0.25, 0.3) is 0 Å². The minimum atomic E-state index is -1.88. The number of hydrogen-bond acceptors (Lipinski definition) is 2. The minimum absolute atomic E-state index is 0.521. The van der Waals surface area contributed by atoms with Gasteiger partial charge in [-0.3, -0.25) is 4.55 Å². The molecule has 11 heavy (non-hydrogen) atoms. The summed E-state index contributed by atoms with van der Waals surface area (Å²) in [5, 5.41) is 0. The van der Waals surface area contributed by atoms with Crippen molar-refractivity contribution in [3.05, 3.63) is 0 Å². The Morgan fingerprint density at radius 1 is 1.55 bits per heavy atom. The van der Waals surface area contributed by atoms with Gasteiger partial charge in [-0.25, -0.2) is 8.93 Å². The molecule has 0 bridgehead atoms. The first kappa shape index (κ1) is 11.0. The molecule has 0 aromatic heterocycles. The van der Waals surface area contributed by atoms with Crippen molar-refractivity contribution in [1.82, 2.24) is 4.72 Å². The summed E-state index contributed by atoms with van der Waals surface area (Å²) in [5.74, 6) is 0. The number of rotatable bonds is 7. The summed E-state index contributed by atoms with van der Waals surface area (Å²) in [5.41, 5.74) is 0. The number of ether oxygens (including phenoxy) is 1. The van der Waals surface area contributed by atoms with E-state index in [0.717, 1.165) is 19.4 Å². The quantitative estimate of drug-likeness (QED) is 0.445. The molecule has 1 unspecified atom stereocenters. The topological polar surface area (TPSA) is 58.6 Å². The predicted octanol–water partition coefficient (Wildman–Crippen LogP) is 0.529. The maximum absolute atomic E-state index is 10.0. The molecule has 0 aliphatic heterocycles. The number of hydrogen-bond donors (Lipinski definition) is 2. The van der Waals surface area contributed by atoms with Gasteiger partial charge in [0.15, 0.2) is 0 Å². The second-order valence-electron chi connectivity index (χ2n) is 2.11. The molecule has 0 fully saturated rings. The van der Waals surface area contributed by atoms with Crippen LogP contribution >= 0.6 is 0 Å². The molecule has 0 radical (unpaired) electrons. The molecule has 2 N–H and O–H groups in total. The zero-order valence-corrected chi connectivity index (χ0v) is 7.52. The summed E-state index contributed by atoms with van der Waals surface area (Å²) >= 11 is -1.88. The first-order valence-corrected chi connectivity index (χ1v) is 4.80. The van der Waals surface area contributed by atoms with Crippen LogP contribution in [0.3, 0.4) is 0 Å². The van der Waals surface area contributed by atoms with E-state index >= 15 is 0 Å². The fourth-order valence-electron chi connectivity index (χ4n) is 0.580. The van der Waals surface area contributed by atoms with E-state index in [0.29, 0.717) is 13.2 Å². The van der Waals surface area contributed by atoms with E-state index in [4.69, 9.17) is 9.29 Å². The molecular formula is C6H15NO3S. The lowest BCUT2D eigenvalue weighted by Crippen LogP contribution is -2.18. The smallest absolute Gasteiger partial charge is 0.231 e. The van der Waals surface area contributed by atoms with Crippen molar-refractivity contribution in [3.8, 4) is 0 Å². The first-order valence-electron chi connectivity index (χ1n) is 3.69. The van der Waals surface area contributed by atoms with Crippen LogP contribution in [0.15, 0.2) is 0 Å². The Morgan fingerprint density at radius 2 is 2.27 bits per heavy atom. The molecule has 0 amide bonds. The first-order chi connectivity index (χ1) is 5.27. The van der Waals surface area contributed by atoms with Crippen LogP contribution in [0, 0.1) is 0 Å². The molecule has 0 saturated heterocycles. The standard InChI is InChI=1S/C6H15NO3S/c1-2-5-10-6-3-4-7-11(8)9/h7H,2-6H2,1H3,(H,8,9). The van der Waals surface area contributed by atoms with E-state index in [-0.39, 0.29) is 0 Å². The zero-order valence-electron chi connectivity index (χ0n) is 6.71. The van der Waals surface area contributed by atoms with Crippen LogP contribution in [-0.2, 0) is 16.0 Å². The van der Waals surface area contributed by atoms with Crippen molar-refractivity contribution in [1.29, 1.82) is 0 Å². The highest BCUT2D eigenvalue weighted by molar-refractivity contribution is 7.77. The third-order valence-electron chi connectivity index (χ3n) is 1.04. The summed E-state index contributed by atoms with van der Waals surface area (Å²) < 4.78 is 25.8. The van der Waals surface area contributed by atoms with Gasteiger partial charge < -0.3 is 4.74 Å². The average molecular weight is 181 g/mol. The van der Waals surface area contributed by atoms with Crippen LogP contribution in [0.2, 0.25) is 0 Å². The predicted molar refractivity (Wildman–Crippen MR) is 44.5 cm³/mol. The van der Waals surface area contributed by atoms with Crippen LogP contribution < -0.4 is 4.72 Å². The monoisotopic (exact) mass is 181 g/mol. The Balaban J connectivity index is 2.85. The van der Waals surface area contributed by atoms with Crippen molar-refractivity contribution >= 4 is 11.3 Å². The molecule has 0 heterocycles. The zero-order chi connectivity index (χ0) is 8.53.